The molecule has 0 aliphatic rings. The summed E-state index contributed by atoms with van der Waals surface area (Å²) in [4.78, 5) is 10.7. The maximum atomic E-state index is 13.8. The fraction of sp³-hybridized carbons (Fsp3) is 0.417. The number of carboxylic acids is 1. The van der Waals surface area contributed by atoms with Crippen molar-refractivity contribution >= 4 is 5.97 Å². The third-order valence-corrected chi connectivity index (χ3v) is 2.64. The zero-order valence-electron chi connectivity index (χ0n) is 9.47. The van der Waals surface area contributed by atoms with E-state index in [0.717, 1.165) is 6.07 Å². The highest BCUT2D eigenvalue weighted by Gasteiger charge is 2.28. The third-order valence-electron chi connectivity index (χ3n) is 2.64. The van der Waals surface area contributed by atoms with Crippen molar-refractivity contribution in [2.24, 2.45) is 0 Å². The van der Waals surface area contributed by atoms with E-state index >= 15 is 0 Å². The minimum Gasteiger partial charge on any atom is -0.481 e. The van der Waals surface area contributed by atoms with Crippen LogP contribution in [0.5, 0.6) is 0 Å². The van der Waals surface area contributed by atoms with Crippen LogP contribution in [0.15, 0.2) is 12.1 Å². The molecule has 0 heterocycles. The molecule has 0 aromatic heterocycles. The molecule has 16 heavy (non-hydrogen) atoms. The van der Waals surface area contributed by atoms with Crippen LogP contribution in [0.4, 0.5) is 8.78 Å². The van der Waals surface area contributed by atoms with Crippen LogP contribution in [0, 0.1) is 18.6 Å². The first-order valence-electron chi connectivity index (χ1n) is 4.92. The van der Waals surface area contributed by atoms with Gasteiger partial charge in [-0.15, -0.1) is 0 Å². The van der Waals surface area contributed by atoms with Crippen molar-refractivity contribution in [3.8, 4) is 0 Å². The van der Waals surface area contributed by atoms with Crippen LogP contribution in [-0.2, 0) is 10.2 Å². The van der Waals surface area contributed by atoms with Gasteiger partial charge >= 0.3 is 5.97 Å². The highest BCUT2D eigenvalue weighted by molar-refractivity contribution is 5.69. The van der Waals surface area contributed by atoms with Gasteiger partial charge in [0.25, 0.3) is 0 Å². The Morgan fingerprint density at radius 3 is 2.44 bits per heavy atom. The number of carbonyl (C=O) groups is 1. The molecule has 88 valence electrons. The van der Waals surface area contributed by atoms with Crippen LogP contribution in [-0.4, -0.2) is 11.1 Å². The lowest BCUT2D eigenvalue weighted by Gasteiger charge is -2.24. The van der Waals surface area contributed by atoms with Crippen molar-refractivity contribution < 1.29 is 18.7 Å². The zero-order chi connectivity index (χ0) is 12.5. The van der Waals surface area contributed by atoms with Gasteiger partial charge < -0.3 is 5.11 Å². The van der Waals surface area contributed by atoms with E-state index in [1.54, 1.807) is 13.8 Å². The predicted octanol–water partition coefficient (Wildman–Crippen LogP) is 3.03. The molecule has 1 aromatic carbocycles. The van der Waals surface area contributed by atoms with Crippen LogP contribution in [0.2, 0.25) is 0 Å². The number of carboxylic acid groups (broad SMARTS) is 1. The van der Waals surface area contributed by atoms with Gasteiger partial charge in [0, 0.05) is 11.0 Å². The van der Waals surface area contributed by atoms with Crippen molar-refractivity contribution in [2.45, 2.75) is 32.6 Å². The summed E-state index contributed by atoms with van der Waals surface area (Å²) in [6.45, 7) is 4.58. The Morgan fingerprint density at radius 1 is 1.38 bits per heavy atom. The Balaban J connectivity index is 3.23. The molecule has 1 N–H and O–H groups in total. The second-order valence-corrected chi connectivity index (χ2v) is 4.49. The van der Waals surface area contributed by atoms with Gasteiger partial charge in [-0.3, -0.25) is 4.79 Å². The highest BCUT2D eigenvalue weighted by Crippen LogP contribution is 2.31. The summed E-state index contributed by atoms with van der Waals surface area (Å²) in [7, 11) is 0. The Kier molecular flexibility index (Phi) is 3.31. The minimum atomic E-state index is -1.01. The number of aliphatic carboxylic acids is 1. The Labute approximate surface area is 92.9 Å². The lowest BCUT2D eigenvalue weighted by molar-refractivity contribution is -0.138. The minimum absolute atomic E-state index is 0.0732. The predicted molar refractivity (Wildman–Crippen MR) is 56.4 cm³/mol. The van der Waals surface area contributed by atoms with Crippen molar-refractivity contribution in [1.82, 2.24) is 0 Å². The molecular weight excluding hydrogens is 214 g/mol. The molecule has 0 aliphatic heterocycles. The quantitative estimate of drug-likeness (QED) is 0.863. The molecule has 4 heteroatoms. The van der Waals surface area contributed by atoms with Gasteiger partial charge in [0.15, 0.2) is 0 Å². The van der Waals surface area contributed by atoms with Crippen LogP contribution in [0.1, 0.15) is 31.4 Å². The molecule has 0 saturated heterocycles. The van der Waals surface area contributed by atoms with E-state index in [-0.39, 0.29) is 17.5 Å². The summed E-state index contributed by atoms with van der Waals surface area (Å²) in [6.07, 6.45) is -0.199. The van der Waals surface area contributed by atoms with Gasteiger partial charge in [-0.2, -0.15) is 0 Å². The van der Waals surface area contributed by atoms with Gasteiger partial charge in [0.1, 0.15) is 11.6 Å². The van der Waals surface area contributed by atoms with Crippen molar-refractivity contribution in [2.75, 3.05) is 0 Å². The van der Waals surface area contributed by atoms with E-state index in [4.69, 9.17) is 5.11 Å². The molecule has 0 amide bonds. The first kappa shape index (κ1) is 12.6. The Bertz CT molecular complexity index is 425. The topological polar surface area (TPSA) is 37.3 Å². The van der Waals surface area contributed by atoms with Crippen LogP contribution in [0.3, 0.4) is 0 Å². The van der Waals surface area contributed by atoms with Gasteiger partial charge in [-0.05, 0) is 18.6 Å². The smallest absolute Gasteiger partial charge is 0.304 e. The lowest BCUT2D eigenvalue weighted by atomic mass is 9.80. The average molecular weight is 228 g/mol. The van der Waals surface area contributed by atoms with E-state index < -0.39 is 23.0 Å². The summed E-state index contributed by atoms with van der Waals surface area (Å²) in [5.74, 6) is -2.29. The molecule has 1 rings (SSSR count). The fourth-order valence-electron chi connectivity index (χ4n) is 1.66. The summed E-state index contributed by atoms with van der Waals surface area (Å²) in [5, 5.41) is 8.73. The summed E-state index contributed by atoms with van der Waals surface area (Å²) in [6, 6.07) is 2.47. The van der Waals surface area contributed by atoms with Gasteiger partial charge in [-0.1, -0.05) is 19.9 Å². The first-order chi connectivity index (χ1) is 7.25. The van der Waals surface area contributed by atoms with Crippen LogP contribution >= 0.6 is 0 Å². The summed E-state index contributed by atoms with van der Waals surface area (Å²) in [5.41, 5.74) is -0.696. The second-order valence-electron chi connectivity index (χ2n) is 4.49. The number of benzene rings is 1. The zero-order valence-corrected chi connectivity index (χ0v) is 9.47. The number of rotatable bonds is 3. The van der Waals surface area contributed by atoms with Gasteiger partial charge in [0.05, 0.1) is 6.42 Å². The summed E-state index contributed by atoms with van der Waals surface area (Å²) < 4.78 is 26.8. The SMILES string of the molecule is Cc1c(F)ccc(C(C)(C)CC(=O)O)c1F. The van der Waals surface area contributed by atoms with Gasteiger partial charge in [0.2, 0.25) is 0 Å². The van der Waals surface area contributed by atoms with Crippen LogP contribution < -0.4 is 0 Å². The molecule has 0 unspecified atom stereocenters. The van der Waals surface area contributed by atoms with Crippen molar-refractivity contribution in [3.63, 3.8) is 0 Å². The van der Waals surface area contributed by atoms with E-state index in [1.807, 2.05) is 0 Å². The normalized spacial score (nSPS) is 11.6. The molecule has 0 radical (unpaired) electrons. The van der Waals surface area contributed by atoms with Crippen molar-refractivity contribution in [3.05, 3.63) is 34.9 Å². The molecule has 0 atom stereocenters. The standard InChI is InChI=1S/C12H14F2O2/c1-7-9(13)5-4-8(11(7)14)12(2,3)6-10(15)16/h4-5H,6H2,1-3H3,(H,15,16). The molecule has 0 bridgehead atoms. The first-order valence-corrected chi connectivity index (χ1v) is 4.92. The maximum absolute atomic E-state index is 13.8. The molecule has 0 saturated carbocycles. The molecule has 0 spiro atoms. The van der Waals surface area contributed by atoms with E-state index in [2.05, 4.69) is 0 Å². The highest BCUT2D eigenvalue weighted by atomic mass is 19.1. The number of halogens is 2. The molecular formula is C12H14F2O2. The summed E-state index contributed by atoms with van der Waals surface area (Å²) >= 11 is 0. The van der Waals surface area contributed by atoms with Gasteiger partial charge in [-0.25, -0.2) is 8.78 Å². The van der Waals surface area contributed by atoms with Crippen molar-refractivity contribution in [1.29, 1.82) is 0 Å². The Morgan fingerprint density at radius 2 is 1.94 bits per heavy atom. The monoisotopic (exact) mass is 228 g/mol. The molecule has 0 aliphatic carbocycles. The second kappa shape index (κ2) is 4.20. The third kappa shape index (κ3) is 2.38. The molecule has 2 nitrogen and oxygen atoms in total. The van der Waals surface area contributed by atoms with Crippen LogP contribution in [0.25, 0.3) is 0 Å². The Hall–Kier alpha value is -1.45. The largest absolute Gasteiger partial charge is 0.481 e. The number of hydrogen-bond donors (Lipinski definition) is 1. The van der Waals surface area contributed by atoms with E-state index in [1.165, 1.54) is 13.0 Å². The lowest BCUT2D eigenvalue weighted by Crippen LogP contribution is -2.23. The fourth-order valence-corrected chi connectivity index (χ4v) is 1.66. The van der Waals surface area contributed by atoms with E-state index in [0.29, 0.717) is 0 Å². The number of hydrogen-bond acceptors (Lipinski definition) is 1. The maximum Gasteiger partial charge on any atom is 0.304 e. The van der Waals surface area contributed by atoms with E-state index in [9.17, 15) is 13.6 Å². The molecule has 1 aromatic rings. The molecule has 0 fully saturated rings. The average Bonchev–Trinajstić information content (AvgIpc) is 2.11.